The van der Waals surface area contributed by atoms with Crippen molar-refractivity contribution >= 4 is 26.9 Å². The minimum absolute atomic E-state index is 0. The fourth-order valence-electron chi connectivity index (χ4n) is 19.2. The molecule has 0 radical (unpaired) electrons. The Hall–Kier alpha value is -6.28. The number of aliphatic imine (C=N–C) groups is 1. The molecule has 3 fully saturated rings. The number of rotatable bonds is 7. The first-order valence-corrected chi connectivity index (χ1v) is 35.3. The fourth-order valence-corrected chi connectivity index (χ4v) is 20.3. The molecule has 5 aliphatic heterocycles. The standard InChI is InChI=1S/C79H85N3O9S.Na/c1-46-14-15-55-39-62-29-32-65(55)68(46)43-74(92(87,88)89)70-41-58-37-57(40-63-34-48(45-83)10-7-12-53-38-61(84)28-31-67(53)76(58)90-63)75(70)51-20-25-60(26-21-51)79(91-62,82-77(80)81)71-33-27-59-24-22-56(44-78(59,86)72(71)35-47-8-3-2-4-9-47)52-23-30-66-54(36-52)19-18-50-17-16-49-11-5-6-13-64(49)69(50)42-73(66)85;/h2-6,8-9,11,13,16-17,20-21,23,25-26,28-32,36,38-39,41,46,48,56-57,59,63,68,70-76,83-86H,10,14-15,18-19,22,24,27,33-35,37,40,42-45H2,1H3,(H4,80,81,82)(H,87,88,89);/q;+1/p-1. The van der Waals surface area contributed by atoms with E-state index in [0.29, 0.717) is 81.1 Å². The number of aliphatic hydroxyl groups excluding tert-OH is 2. The van der Waals surface area contributed by atoms with Crippen LogP contribution in [0.5, 0.6) is 11.5 Å². The summed E-state index contributed by atoms with van der Waals surface area (Å²) < 4.78 is 58.5. The van der Waals surface area contributed by atoms with Gasteiger partial charge in [0.1, 0.15) is 17.6 Å². The molecule has 0 aromatic heterocycles. The van der Waals surface area contributed by atoms with Crippen molar-refractivity contribution in [3.05, 3.63) is 224 Å². The second-order valence-electron chi connectivity index (χ2n) is 28.7. The van der Waals surface area contributed by atoms with Gasteiger partial charge < -0.3 is 45.9 Å². The van der Waals surface area contributed by atoms with Crippen molar-refractivity contribution < 1.29 is 72.4 Å². The number of allylic oxidation sites excluding steroid dienone is 1. The van der Waals surface area contributed by atoms with Gasteiger partial charge in [-0.25, -0.2) is 13.4 Å². The molecule has 16 atom stereocenters. The summed E-state index contributed by atoms with van der Waals surface area (Å²) in [5, 5.41) is 49.0. The molecule has 2 saturated carbocycles. The monoisotopic (exact) mass is 1270 g/mol. The summed E-state index contributed by atoms with van der Waals surface area (Å²) in [4.78, 5) is 5.39. The number of hydrogen-bond acceptors (Lipinski definition) is 10. The van der Waals surface area contributed by atoms with Crippen molar-refractivity contribution in [3.8, 4) is 23.3 Å². The third-order valence-corrected chi connectivity index (χ3v) is 24.8. The molecule has 0 spiro atoms. The van der Waals surface area contributed by atoms with Crippen molar-refractivity contribution in [2.75, 3.05) is 6.61 Å². The number of guanidine groups is 1. The Balaban J connectivity index is 0.00000749. The van der Waals surface area contributed by atoms with Crippen LogP contribution in [0, 0.1) is 53.3 Å². The predicted octanol–water partition coefficient (Wildman–Crippen LogP) is 9.93. The van der Waals surface area contributed by atoms with Crippen LogP contribution in [0.25, 0.3) is 10.8 Å². The van der Waals surface area contributed by atoms with Gasteiger partial charge in [0.15, 0.2) is 5.96 Å². The van der Waals surface area contributed by atoms with Crippen molar-refractivity contribution in [3.63, 3.8) is 0 Å². The van der Waals surface area contributed by atoms with Gasteiger partial charge in [0, 0.05) is 48.0 Å². The number of aliphatic hydroxyl groups is 3. The molecule has 12 nitrogen and oxygen atoms in total. The van der Waals surface area contributed by atoms with Crippen LogP contribution in [0.3, 0.4) is 0 Å². The quantitative estimate of drug-likeness (QED) is 0.0220. The van der Waals surface area contributed by atoms with E-state index in [9.17, 15) is 33.4 Å². The molecule has 14 heteroatoms. The number of aryl methyl sites for hydroxylation is 3. The summed E-state index contributed by atoms with van der Waals surface area (Å²) in [5.41, 5.74) is 23.5. The average Bonchev–Trinajstić information content (AvgIpc) is 1.28. The van der Waals surface area contributed by atoms with Crippen LogP contribution in [0.2, 0.25) is 0 Å². The molecule has 476 valence electrons. The second kappa shape index (κ2) is 25.7. The summed E-state index contributed by atoms with van der Waals surface area (Å²) in [6.45, 7) is 2.08. The Morgan fingerprint density at radius 1 is 0.774 bits per heavy atom. The maximum atomic E-state index is 14.5. The zero-order valence-corrected chi connectivity index (χ0v) is 56.2. The first-order valence-electron chi connectivity index (χ1n) is 33.8. The molecular weight excluding hydrogens is 1190 g/mol. The zero-order chi connectivity index (χ0) is 63.2. The third kappa shape index (κ3) is 12.0. The number of ether oxygens (including phenoxy) is 2. The molecule has 7 aromatic rings. The van der Waals surface area contributed by atoms with E-state index >= 15 is 0 Å². The summed E-state index contributed by atoms with van der Waals surface area (Å²) in [5.74, 6) is 4.27. The Labute approximate surface area is 569 Å². The number of benzene rings is 7. The number of nitrogens with two attached hydrogens (primary N) is 2. The number of phenols is 1. The zero-order valence-electron chi connectivity index (χ0n) is 53.4. The molecule has 10 aliphatic rings. The molecule has 17 rings (SSSR count). The minimum Gasteiger partial charge on any atom is -0.748 e. The van der Waals surface area contributed by atoms with E-state index in [-0.39, 0.29) is 95.9 Å². The van der Waals surface area contributed by atoms with Gasteiger partial charge in [0.2, 0.25) is 5.72 Å². The fraction of sp³-hybridized carbons (Fsp3) is 0.430. The molecule has 0 amide bonds. The number of nitrogens with zero attached hydrogens (tertiary/aromatic N) is 1. The van der Waals surface area contributed by atoms with E-state index in [1.165, 1.54) is 27.5 Å². The minimum atomic E-state index is -4.97. The van der Waals surface area contributed by atoms with Crippen molar-refractivity contribution in [1.82, 2.24) is 0 Å². The third-order valence-electron chi connectivity index (χ3n) is 23.6. The van der Waals surface area contributed by atoms with Crippen molar-refractivity contribution in [2.45, 2.75) is 162 Å². The number of hydrogen-bond donors (Lipinski definition) is 6. The molecule has 16 unspecified atom stereocenters. The van der Waals surface area contributed by atoms with Crippen LogP contribution in [-0.4, -0.2) is 62.9 Å². The number of aromatic hydroxyl groups is 1. The molecule has 1 saturated heterocycles. The maximum Gasteiger partial charge on any atom is 1.00 e. The van der Waals surface area contributed by atoms with E-state index < -0.39 is 62.6 Å². The predicted molar refractivity (Wildman–Crippen MR) is 357 cm³/mol. The van der Waals surface area contributed by atoms with Crippen LogP contribution < -0.4 is 45.8 Å². The van der Waals surface area contributed by atoms with Crippen LogP contribution in [0.1, 0.15) is 174 Å². The van der Waals surface area contributed by atoms with Crippen molar-refractivity contribution in [2.24, 2.45) is 57.9 Å². The first kappa shape index (κ1) is 64.1. The topological polar surface area (TPSA) is 221 Å². The van der Waals surface area contributed by atoms with E-state index in [0.717, 1.165) is 76.6 Å². The van der Waals surface area contributed by atoms with E-state index in [2.05, 4.69) is 128 Å². The van der Waals surface area contributed by atoms with Gasteiger partial charge in [0.05, 0.1) is 33.2 Å². The number of fused-ring (bicyclic) bond motifs is 14. The van der Waals surface area contributed by atoms with Gasteiger partial charge in [0.25, 0.3) is 0 Å². The summed E-state index contributed by atoms with van der Waals surface area (Å²) in [6.07, 6.45) is 10.4. The van der Waals surface area contributed by atoms with Gasteiger partial charge >= 0.3 is 29.6 Å². The molecule has 8 N–H and O–H groups in total. The molecule has 93 heavy (non-hydrogen) atoms. The van der Waals surface area contributed by atoms with Gasteiger partial charge in [-0.2, -0.15) is 0 Å². The Morgan fingerprint density at radius 3 is 2.33 bits per heavy atom. The SMILES string of the molecule is CC1CCc2cc3ccc2C1CC(S(=O)(=O)[O-])C1C=C2CC(CC4CC(CO)CC#Cc5cc(O)ccc5C2O4)C1c1ccc(cc1)C(N=C(N)N)(C1CCC2CCC(c4ccc5c(c4)CCc4ccc6ccccc6c4CC5O)CC2(O)C1Cc1ccccc1)O3.[Na+]. The smallest absolute Gasteiger partial charge is 0.748 e. The van der Waals surface area contributed by atoms with Crippen LogP contribution in [-0.2, 0) is 52.7 Å². The van der Waals surface area contributed by atoms with E-state index in [1.54, 1.807) is 12.1 Å². The largest absolute Gasteiger partial charge is 1.00 e. The second-order valence-corrected chi connectivity index (χ2v) is 30.3. The average molecular weight is 1270 g/mol. The molecule has 5 aliphatic carbocycles. The maximum absolute atomic E-state index is 14.5. The Kier molecular flexibility index (Phi) is 17.7. The van der Waals surface area contributed by atoms with Crippen LogP contribution in [0.4, 0.5) is 0 Å². The summed E-state index contributed by atoms with van der Waals surface area (Å²) in [6, 6.07) is 49.5. The number of phenolic OH excluding ortho intramolecular Hbond substituents is 1. The van der Waals surface area contributed by atoms with E-state index in [4.69, 9.17) is 25.9 Å². The van der Waals surface area contributed by atoms with Crippen LogP contribution in [0.15, 0.2) is 162 Å². The van der Waals surface area contributed by atoms with E-state index in [1.807, 2.05) is 30.3 Å². The molecule has 7 aromatic carbocycles. The van der Waals surface area contributed by atoms with Gasteiger partial charge in [-0.3, -0.25) is 0 Å². The molecule has 10 bridgehead atoms. The van der Waals surface area contributed by atoms with Gasteiger partial charge in [-0.15, -0.1) is 0 Å². The Bertz CT molecular complexity index is 4220. The molecule has 5 heterocycles. The van der Waals surface area contributed by atoms with Gasteiger partial charge in [-0.1, -0.05) is 146 Å². The van der Waals surface area contributed by atoms with Gasteiger partial charge in [-0.05, 0) is 228 Å². The normalized spacial score (nSPS) is 31.9. The van der Waals surface area contributed by atoms with Crippen molar-refractivity contribution in [1.29, 1.82) is 0 Å². The summed E-state index contributed by atoms with van der Waals surface area (Å²) in [7, 11) is -4.97. The summed E-state index contributed by atoms with van der Waals surface area (Å²) >= 11 is 0. The Morgan fingerprint density at radius 2 is 1.53 bits per heavy atom. The molecular formula is C79H84N3NaO9S. The first-order chi connectivity index (χ1) is 44.5. The van der Waals surface area contributed by atoms with Crippen LogP contribution >= 0.6 is 0 Å².